The summed E-state index contributed by atoms with van der Waals surface area (Å²) in [7, 11) is 1.57. The van der Waals surface area contributed by atoms with Crippen LogP contribution in [0.4, 0.5) is 0 Å². The van der Waals surface area contributed by atoms with E-state index in [0.717, 1.165) is 5.57 Å². The van der Waals surface area contributed by atoms with E-state index in [0.29, 0.717) is 5.76 Å². The molecule has 2 N–H and O–H groups in total. The number of ether oxygens (including phenoxy) is 1. The molecule has 0 amide bonds. The minimum Gasteiger partial charge on any atom is -0.497 e. The van der Waals surface area contributed by atoms with Crippen molar-refractivity contribution in [1.82, 2.24) is 0 Å². The predicted octanol–water partition coefficient (Wildman–Crippen LogP) is 2.00. The van der Waals surface area contributed by atoms with Gasteiger partial charge in [0.05, 0.1) is 7.11 Å². The maximum absolute atomic E-state index is 5.79. The lowest BCUT2D eigenvalue weighted by Gasteiger charge is -2.18. The highest BCUT2D eigenvalue weighted by atomic mass is 16.5. The second-order valence-corrected chi connectivity index (χ2v) is 3.25. The summed E-state index contributed by atoms with van der Waals surface area (Å²) in [6.45, 7) is 11.3. The second kappa shape index (κ2) is 4.12. The van der Waals surface area contributed by atoms with Crippen molar-refractivity contribution in [3.8, 4) is 0 Å². The minimum absolute atomic E-state index is 0.384. The molecule has 0 aliphatic rings. The molecule has 2 heteroatoms. The third-order valence-corrected chi connectivity index (χ3v) is 1.56. The van der Waals surface area contributed by atoms with E-state index in [-0.39, 0.29) is 5.54 Å². The van der Waals surface area contributed by atoms with Gasteiger partial charge in [0.15, 0.2) is 0 Å². The highest BCUT2D eigenvalue weighted by Crippen LogP contribution is 2.11. The van der Waals surface area contributed by atoms with Crippen molar-refractivity contribution < 1.29 is 4.74 Å². The van der Waals surface area contributed by atoms with Crippen LogP contribution in [0.5, 0.6) is 0 Å². The first-order chi connectivity index (χ1) is 5.38. The van der Waals surface area contributed by atoms with Gasteiger partial charge in [-0.3, -0.25) is 0 Å². The van der Waals surface area contributed by atoms with Crippen LogP contribution in [0.25, 0.3) is 0 Å². The molecule has 0 atom stereocenters. The van der Waals surface area contributed by atoms with Crippen molar-refractivity contribution in [2.45, 2.75) is 19.4 Å². The Morgan fingerprint density at radius 1 is 1.33 bits per heavy atom. The summed E-state index contributed by atoms with van der Waals surface area (Å²) in [4.78, 5) is 0. The number of hydrogen-bond acceptors (Lipinski definition) is 2. The molecule has 0 aromatic heterocycles. The predicted molar refractivity (Wildman–Crippen MR) is 52.7 cm³/mol. The van der Waals surface area contributed by atoms with E-state index in [1.807, 2.05) is 19.9 Å². The molecule has 0 aromatic rings. The summed E-state index contributed by atoms with van der Waals surface area (Å²) in [5.74, 6) is 0.598. The van der Waals surface area contributed by atoms with Gasteiger partial charge in [0, 0.05) is 5.54 Å². The third kappa shape index (κ3) is 3.98. The molecule has 0 saturated carbocycles. The third-order valence-electron chi connectivity index (χ3n) is 1.56. The Balaban J connectivity index is 4.19. The van der Waals surface area contributed by atoms with Crippen LogP contribution >= 0.6 is 0 Å². The molecule has 0 heterocycles. The van der Waals surface area contributed by atoms with Gasteiger partial charge in [-0.15, -0.1) is 0 Å². The average molecular weight is 167 g/mol. The van der Waals surface area contributed by atoms with E-state index in [1.54, 1.807) is 13.2 Å². The molecule has 12 heavy (non-hydrogen) atoms. The van der Waals surface area contributed by atoms with E-state index in [1.165, 1.54) is 0 Å². The molecular formula is C10H17NO. The van der Waals surface area contributed by atoms with E-state index >= 15 is 0 Å². The SMILES string of the molecule is C=C(/C=C\C(=C)C(C)(C)N)OC. The highest BCUT2D eigenvalue weighted by molar-refractivity contribution is 5.28. The first-order valence-corrected chi connectivity index (χ1v) is 3.77. The number of allylic oxidation sites excluding steroid dienone is 1. The fourth-order valence-corrected chi connectivity index (χ4v) is 0.476. The largest absolute Gasteiger partial charge is 0.497 e. The van der Waals surface area contributed by atoms with Crippen LogP contribution in [0.3, 0.4) is 0 Å². The topological polar surface area (TPSA) is 35.2 Å². The maximum atomic E-state index is 5.79. The molecule has 0 unspecified atom stereocenters. The molecule has 0 aromatic carbocycles. The summed E-state index contributed by atoms with van der Waals surface area (Å²) in [6, 6.07) is 0. The lowest BCUT2D eigenvalue weighted by Crippen LogP contribution is -2.32. The van der Waals surface area contributed by atoms with Crippen molar-refractivity contribution in [1.29, 1.82) is 0 Å². The second-order valence-electron chi connectivity index (χ2n) is 3.25. The van der Waals surface area contributed by atoms with Gasteiger partial charge in [-0.2, -0.15) is 0 Å². The highest BCUT2D eigenvalue weighted by Gasteiger charge is 2.11. The fraction of sp³-hybridized carbons (Fsp3) is 0.400. The standard InChI is InChI=1S/C10H17NO/c1-8(10(3,4)11)6-7-9(2)12-5/h6-7H,1-2,11H2,3-5H3/b7-6-. The van der Waals surface area contributed by atoms with Gasteiger partial charge >= 0.3 is 0 Å². The molecule has 0 aliphatic heterocycles. The summed E-state index contributed by atoms with van der Waals surface area (Å²) >= 11 is 0. The van der Waals surface area contributed by atoms with Gasteiger partial charge in [-0.1, -0.05) is 19.2 Å². The van der Waals surface area contributed by atoms with Crippen LogP contribution < -0.4 is 5.73 Å². The van der Waals surface area contributed by atoms with Gasteiger partial charge in [-0.25, -0.2) is 0 Å². The number of hydrogen-bond donors (Lipinski definition) is 1. The quantitative estimate of drug-likeness (QED) is 0.513. The molecule has 0 bridgehead atoms. The van der Waals surface area contributed by atoms with E-state index in [4.69, 9.17) is 10.5 Å². The van der Waals surface area contributed by atoms with Crippen LogP contribution in [-0.4, -0.2) is 12.6 Å². The molecule has 0 radical (unpaired) electrons. The first kappa shape index (κ1) is 11.0. The lowest BCUT2D eigenvalue weighted by atomic mass is 9.96. The van der Waals surface area contributed by atoms with Gasteiger partial charge in [0.25, 0.3) is 0 Å². The number of methoxy groups -OCH3 is 1. The van der Waals surface area contributed by atoms with E-state index < -0.39 is 0 Å². The van der Waals surface area contributed by atoms with Crippen molar-refractivity contribution in [3.05, 3.63) is 36.6 Å². The Hall–Kier alpha value is -1.02. The molecule has 0 saturated heterocycles. The Morgan fingerprint density at radius 3 is 2.17 bits per heavy atom. The molecule has 0 rings (SSSR count). The van der Waals surface area contributed by atoms with Crippen LogP contribution in [0, 0.1) is 0 Å². The van der Waals surface area contributed by atoms with Gasteiger partial charge in [0.2, 0.25) is 0 Å². The lowest BCUT2D eigenvalue weighted by molar-refractivity contribution is 0.308. The number of nitrogens with two attached hydrogens (primary N) is 1. The summed E-state index contributed by atoms with van der Waals surface area (Å²) in [5, 5.41) is 0. The summed E-state index contributed by atoms with van der Waals surface area (Å²) in [6.07, 6.45) is 3.56. The number of rotatable bonds is 4. The minimum atomic E-state index is -0.384. The molecular weight excluding hydrogens is 150 g/mol. The van der Waals surface area contributed by atoms with Gasteiger partial charge < -0.3 is 10.5 Å². The molecule has 0 aliphatic carbocycles. The Morgan fingerprint density at radius 2 is 1.83 bits per heavy atom. The van der Waals surface area contributed by atoms with Crippen molar-refractivity contribution in [2.24, 2.45) is 5.73 Å². The zero-order valence-corrected chi connectivity index (χ0v) is 8.05. The van der Waals surface area contributed by atoms with E-state index in [9.17, 15) is 0 Å². The van der Waals surface area contributed by atoms with E-state index in [2.05, 4.69) is 13.2 Å². The summed E-state index contributed by atoms with van der Waals surface area (Å²) in [5.41, 5.74) is 6.25. The summed E-state index contributed by atoms with van der Waals surface area (Å²) < 4.78 is 4.85. The molecule has 0 spiro atoms. The first-order valence-electron chi connectivity index (χ1n) is 3.77. The Labute approximate surface area is 74.4 Å². The van der Waals surface area contributed by atoms with Crippen molar-refractivity contribution >= 4 is 0 Å². The molecule has 68 valence electrons. The van der Waals surface area contributed by atoms with Crippen molar-refractivity contribution in [3.63, 3.8) is 0 Å². The zero-order valence-electron chi connectivity index (χ0n) is 8.05. The maximum Gasteiger partial charge on any atom is 0.111 e. The molecule has 2 nitrogen and oxygen atoms in total. The fourth-order valence-electron chi connectivity index (χ4n) is 0.476. The van der Waals surface area contributed by atoms with Crippen LogP contribution in [0.2, 0.25) is 0 Å². The normalized spacial score (nSPS) is 11.7. The monoisotopic (exact) mass is 167 g/mol. The Kier molecular flexibility index (Phi) is 3.77. The Bertz CT molecular complexity index is 208. The smallest absolute Gasteiger partial charge is 0.111 e. The van der Waals surface area contributed by atoms with Crippen LogP contribution in [0.15, 0.2) is 36.6 Å². The van der Waals surface area contributed by atoms with Crippen LogP contribution in [0.1, 0.15) is 13.8 Å². The van der Waals surface area contributed by atoms with Crippen LogP contribution in [-0.2, 0) is 4.74 Å². The van der Waals surface area contributed by atoms with Crippen molar-refractivity contribution in [2.75, 3.05) is 7.11 Å². The average Bonchev–Trinajstić information content (AvgIpc) is 1.97. The zero-order chi connectivity index (χ0) is 9.78. The van der Waals surface area contributed by atoms with Gasteiger partial charge in [-0.05, 0) is 25.5 Å². The molecule has 0 fully saturated rings. The van der Waals surface area contributed by atoms with Gasteiger partial charge in [0.1, 0.15) is 5.76 Å².